The van der Waals surface area contributed by atoms with Crippen molar-refractivity contribution in [3.05, 3.63) is 74.1 Å². The molecule has 2 fully saturated rings. The fourth-order valence-electron chi connectivity index (χ4n) is 4.79. The molecule has 1 aromatic carbocycles. The molecule has 0 radical (unpaired) electrons. The summed E-state index contributed by atoms with van der Waals surface area (Å²) in [6.45, 7) is 7.68. The molecule has 0 spiro atoms. The number of nitrogens with zero attached hydrogens (tertiary/aromatic N) is 3. The maximum Gasteiger partial charge on any atom is 0.330 e. The molecule has 1 aliphatic heterocycles. The fourth-order valence-corrected chi connectivity index (χ4v) is 4.79. The summed E-state index contributed by atoms with van der Waals surface area (Å²) in [7, 11) is 0. The predicted octanol–water partition coefficient (Wildman–Crippen LogP) is 2.25. The second-order valence-electron chi connectivity index (χ2n) is 10.3. The van der Waals surface area contributed by atoms with Crippen molar-refractivity contribution in [2.45, 2.75) is 51.8 Å². The Morgan fingerprint density at radius 2 is 2.00 bits per heavy atom. The molecule has 1 atom stereocenters. The zero-order chi connectivity index (χ0) is 25.2. The lowest BCUT2D eigenvalue weighted by atomic mass is 10.1. The molecule has 1 saturated heterocycles. The molecular formula is C27H33N5O4. The minimum absolute atomic E-state index is 0.153. The fraction of sp³-hybridized carbons (Fsp3) is 0.481. The van der Waals surface area contributed by atoms with Crippen LogP contribution in [0.25, 0.3) is 11.0 Å². The number of carbonyl (C=O) groups is 1. The van der Waals surface area contributed by atoms with Crippen molar-refractivity contribution in [3.63, 3.8) is 0 Å². The molecule has 0 bridgehead atoms. The van der Waals surface area contributed by atoms with Crippen LogP contribution in [0.4, 0.5) is 0 Å². The van der Waals surface area contributed by atoms with Gasteiger partial charge in [-0.3, -0.25) is 24.0 Å². The zero-order valence-corrected chi connectivity index (χ0v) is 20.8. The van der Waals surface area contributed by atoms with Gasteiger partial charge >= 0.3 is 5.69 Å². The van der Waals surface area contributed by atoms with Crippen molar-refractivity contribution in [2.24, 2.45) is 5.92 Å². The highest BCUT2D eigenvalue weighted by Crippen LogP contribution is 2.39. The quantitative estimate of drug-likeness (QED) is 0.500. The topological polar surface area (TPSA) is 109 Å². The molecule has 190 valence electrons. The van der Waals surface area contributed by atoms with Gasteiger partial charge in [0.2, 0.25) is 0 Å². The number of pyridine rings is 1. The first-order valence-electron chi connectivity index (χ1n) is 12.7. The van der Waals surface area contributed by atoms with Gasteiger partial charge in [0.1, 0.15) is 0 Å². The number of amides is 1. The number of rotatable bonds is 8. The van der Waals surface area contributed by atoms with Crippen LogP contribution in [0.2, 0.25) is 0 Å². The second-order valence-corrected chi connectivity index (χ2v) is 10.3. The van der Waals surface area contributed by atoms with E-state index in [1.54, 1.807) is 6.07 Å². The molecule has 2 aromatic heterocycles. The van der Waals surface area contributed by atoms with Crippen molar-refractivity contribution in [1.29, 1.82) is 0 Å². The van der Waals surface area contributed by atoms with E-state index >= 15 is 0 Å². The monoisotopic (exact) mass is 491 g/mol. The Morgan fingerprint density at radius 1 is 1.22 bits per heavy atom. The van der Waals surface area contributed by atoms with E-state index in [0.717, 1.165) is 31.6 Å². The first kappa shape index (κ1) is 24.4. The summed E-state index contributed by atoms with van der Waals surface area (Å²) in [5, 5.41) is 3.13. The lowest BCUT2D eigenvalue weighted by Crippen LogP contribution is -2.47. The zero-order valence-electron chi connectivity index (χ0n) is 20.8. The third kappa shape index (κ3) is 5.42. The number of aromatic nitrogens is 3. The van der Waals surface area contributed by atoms with Crippen LogP contribution in [0.1, 0.15) is 54.2 Å². The summed E-state index contributed by atoms with van der Waals surface area (Å²) in [6.07, 6.45) is 1.83. The first-order chi connectivity index (χ1) is 17.4. The van der Waals surface area contributed by atoms with E-state index in [9.17, 15) is 14.4 Å². The smallest absolute Gasteiger partial charge is 0.330 e. The second kappa shape index (κ2) is 10.4. The van der Waals surface area contributed by atoms with E-state index in [0.29, 0.717) is 26.2 Å². The van der Waals surface area contributed by atoms with Crippen molar-refractivity contribution in [3.8, 4) is 0 Å². The van der Waals surface area contributed by atoms with Crippen molar-refractivity contribution >= 4 is 16.9 Å². The molecule has 1 unspecified atom stereocenters. The lowest BCUT2D eigenvalue weighted by molar-refractivity contribution is -0.0292. The molecule has 3 heterocycles. The van der Waals surface area contributed by atoms with Crippen LogP contribution in [0.15, 0.2) is 46.0 Å². The highest BCUT2D eigenvalue weighted by Gasteiger charge is 2.29. The number of H-pyrrole nitrogens is 1. The average Bonchev–Trinajstić information content (AvgIpc) is 3.71. The normalized spacial score (nSPS) is 18.6. The minimum atomic E-state index is -0.585. The van der Waals surface area contributed by atoms with E-state index in [4.69, 9.17) is 4.74 Å². The Labute approximate surface area is 209 Å². The lowest BCUT2D eigenvalue weighted by Gasteiger charge is -2.33. The molecule has 2 N–H and O–H groups in total. The van der Waals surface area contributed by atoms with E-state index in [1.807, 2.05) is 32.0 Å². The average molecular weight is 492 g/mol. The number of fused-ring (bicyclic) bond motifs is 1. The Bertz CT molecular complexity index is 1360. The summed E-state index contributed by atoms with van der Waals surface area (Å²) >= 11 is 0. The van der Waals surface area contributed by atoms with Crippen molar-refractivity contribution < 1.29 is 9.53 Å². The van der Waals surface area contributed by atoms with Crippen LogP contribution < -0.4 is 16.6 Å². The summed E-state index contributed by atoms with van der Waals surface area (Å²) in [4.78, 5) is 48.2. The van der Waals surface area contributed by atoms with E-state index in [1.165, 1.54) is 10.1 Å². The van der Waals surface area contributed by atoms with Gasteiger partial charge in [-0.25, -0.2) is 9.78 Å². The number of aromatic amines is 1. The molecule has 1 saturated carbocycles. The number of hydrogen-bond acceptors (Lipinski definition) is 6. The summed E-state index contributed by atoms with van der Waals surface area (Å²) < 4.78 is 7.39. The Balaban J connectivity index is 1.37. The summed E-state index contributed by atoms with van der Waals surface area (Å²) in [6, 6.07) is 12.0. The van der Waals surface area contributed by atoms with Crippen molar-refractivity contribution in [1.82, 2.24) is 24.8 Å². The maximum atomic E-state index is 13.4. The first-order valence-corrected chi connectivity index (χ1v) is 12.7. The van der Waals surface area contributed by atoms with Crippen LogP contribution in [-0.2, 0) is 17.8 Å². The third-order valence-electron chi connectivity index (χ3n) is 6.72. The molecule has 3 aromatic rings. The van der Waals surface area contributed by atoms with Crippen LogP contribution in [-0.4, -0.2) is 57.7 Å². The molecule has 2 aliphatic rings. The highest BCUT2D eigenvalue weighted by molar-refractivity contribution is 6.05. The standard InChI is InChI=1S/C27H33N5O4/c1-17(2)14-32-24-23(26(34)30-27(32)35)21(12-22(29-24)19-8-9-19)25(33)28-13-20-16-31(10-11-36-20)15-18-6-4-3-5-7-18/h3-7,12,17,19-20H,8-11,13-16H2,1-2H3,(H,28,33)(H,30,34,35). The number of nitrogens with one attached hydrogen (secondary N) is 2. The van der Waals surface area contributed by atoms with Gasteiger partial charge in [-0.05, 0) is 30.4 Å². The van der Waals surface area contributed by atoms with Gasteiger partial charge in [0.25, 0.3) is 11.5 Å². The number of hydrogen-bond donors (Lipinski definition) is 2. The van der Waals surface area contributed by atoms with Crippen LogP contribution in [0, 0.1) is 5.92 Å². The Kier molecular flexibility index (Phi) is 7.02. The van der Waals surface area contributed by atoms with Gasteiger partial charge in [0, 0.05) is 44.3 Å². The maximum absolute atomic E-state index is 13.4. The summed E-state index contributed by atoms with van der Waals surface area (Å²) in [5.74, 6) is 0.0760. The van der Waals surface area contributed by atoms with Crippen molar-refractivity contribution in [2.75, 3.05) is 26.2 Å². The van der Waals surface area contributed by atoms with E-state index < -0.39 is 11.2 Å². The van der Waals surface area contributed by atoms with Crippen LogP contribution >= 0.6 is 0 Å². The third-order valence-corrected chi connectivity index (χ3v) is 6.72. The SMILES string of the molecule is CC(C)Cn1c(=O)[nH]c(=O)c2c(C(=O)NCC3CN(Cc4ccccc4)CCO3)cc(C3CC3)nc21. The van der Waals surface area contributed by atoms with Gasteiger partial charge in [-0.15, -0.1) is 0 Å². The molecule has 9 heteroatoms. The largest absolute Gasteiger partial charge is 0.374 e. The molecule has 5 rings (SSSR count). The Morgan fingerprint density at radius 3 is 2.72 bits per heavy atom. The van der Waals surface area contributed by atoms with E-state index in [2.05, 4.69) is 32.3 Å². The van der Waals surface area contributed by atoms with Gasteiger partial charge in [0.05, 0.1) is 23.7 Å². The van der Waals surface area contributed by atoms with E-state index in [-0.39, 0.29) is 40.4 Å². The number of carbonyl (C=O) groups excluding carboxylic acids is 1. The molecule has 1 aliphatic carbocycles. The molecule has 1 amide bonds. The number of ether oxygens (including phenoxy) is 1. The predicted molar refractivity (Wildman–Crippen MR) is 137 cm³/mol. The molecular weight excluding hydrogens is 458 g/mol. The molecule has 36 heavy (non-hydrogen) atoms. The van der Waals surface area contributed by atoms with Gasteiger partial charge in [-0.2, -0.15) is 0 Å². The molecule has 9 nitrogen and oxygen atoms in total. The highest BCUT2D eigenvalue weighted by atomic mass is 16.5. The number of morpholine rings is 1. The van der Waals surface area contributed by atoms with Gasteiger partial charge < -0.3 is 10.1 Å². The number of benzene rings is 1. The van der Waals surface area contributed by atoms with Gasteiger partial charge in [-0.1, -0.05) is 44.2 Å². The van der Waals surface area contributed by atoms with Gasteiger partial charge in [0.15, 0.2) is 5.65 Å². The minimum Gasteiger partial charge on any atom is -0.374 e. The van der Waals surface area contributed by atoms with Crippen LogP contribution in [0.5, 0.6) is 0 Å². The summed E-state index contributed by atoms with van der Waals surface area (Å²) in [5.41, 5.74) is 1.47. The Hall–Kier alpha value is -3.30. The van der Waals surface area contributed by atoms with Crippen LogP contribution in [0.3, 0.4) is 0 Å².